The molecule has 10 rings (SSSR count). The average molecular weight is 678 g/mol. The maximum atomic E-state index is 9.41. The number of nitrogens with zero attached hydrogens (tertiary/aromatic N) is 7. The highest BCUT2D eigenvalue weighted by Gasteiger charge is 2.19. The van der Waals surface area contributed by atoms with Crippen molar-refractivity contribution in [1.82, 2.24) is 23.9 Å². The number of rotatable bonds is 5. The van der Waals surface area contributed by atoms with Gasteiger partial charge in [0.15, 0.2) is 11.6 Å². The molecule has 0 aliphatic rings. The van der Waals surface area contributed by atoms with Gasteiger partial charge in [-0.3, -0.25) is 0 Å². The van der Waals surface area contributed by atoms with Gasteiger partial charge in [-0.05, 0) is 91.0 Å². The van der Waals surface area contributed by atoms with Crippen LogP contribution in [0.25, 0.3) is 83.4 Å². The molecule has 7 heteroatoms. The van der Waals surface area contributed by atoms with E-state index in [0.29, 0.717) is 22.8 Å². The molecular weight excluding hydrogens is 651 g/mol. The van der Waals surface area contributed by atoms with Gasteiger partial charge in [-0.25, -0.2) is 9.67 Å². The fraction of sp³-hybridized carbons (Fsp3) is 0. The molecule has 0 fully saturated rings. The zero-order valence-electron chi connectivity index (χ0n) is 28.2. The summed E-state index contributed by atoms with van der Waals surface area (Å²) in [4.78, 5) is 5.09. The molecule has 0 spiro atoms. The van der Waals surface area contributed by atoms with Crippen LogP contribution in [0, 0.1) is 22.7 Å². The van der Waals surface area contributed by atoms with Gasteiger partial charge in [-0.2, -0.15) is 10.5 Å². The average Bonchev–Trinajstić information content (AvgIpc) is 3.92. The molecule has 246 valence electrons. The van der Waals surface area contributed by atoms with Crippen LogP contribution in [0.4, 0.5) is 0 Å². The van der Waals surface area contributed by atoms with Crippen molar-refractivity contribution in [2.45, 2.75) is 0 Å². The fourth-order valence-corrected chi connectivity index (χ4v) is 7.53. The van der Waals surface area contributed by atoms with E-state index < -0.39 is 0 Å². The van der Waals surface area contributed by atoms with Crippen LogP contribution >= 0.6 is 0 Å². The first-order chi connectivity index (χ1) is 26.2. The van der Waals surface area contributed by atoms with E-state index in [4.69, 9.17) is 10.1 Å². The highest BCUT2D eigenvalue weighted by Crippen LogP contribution is 2.37. The van der Waals surface area contributed by atoms with Gasteiger partial charge in [0.25, 0.3) is 0 Å². The number of nitriles is 2. The second-order valence-corrected chi connectivity index (χ2v) is 13.0. The third-order valence-corrected chi connectivity index (χ3v) is 9.98. The Bertz CT molecular complexity index is 3000. The number of hydrogen-bond acceptors (Lipinski definition) is 4. The minimum atomic E-state index is 0.562. The Hall–Kier alpha value is -7.74. The molecule has 0 amide bonds. The number of fused-ring (bicyclic) bond motifs is 6. The monoisotopic (exact) mass is 677 g/mol. The zero-order chi connectivity index (χ0) is 35.5. The third-order valence-electron chi connectivity index (χ3n) is 9.98. The van der Waals surface area contributed by atoms with Gasteiger partial charge < -0.3 is 9.13 Å². The van der Waals surface area contributed by atoms with Crippen molar-refractivity contribution in [2.24, 2.45) is 0 Å². The van der Waals surface area contributed by atoms with E-state index in [1.54, 1.807) is 28.9 Å². The molecule has 0 aliphatic heterocycles. The minimum absolute atomic E-state index is 0.562. The lowest BCUT2D eigenvalue weighted by molar-refractivity contribution is 0.890. The predicted molar refractivity (Wildman–Crippen MR) is 210 cm³/mol. The van der Waals surface area contributed by atoms with Crippen LogP contribution in [0.3, 0.4) is 0 Å². The molecule has 7 aromatic carbocycles. The van der Waals surface area contributed by atoms with E-state index in [9.17, 15) is 10.5 Å². The largest absolute Gasteiger partial charge is 0.309 e. The summed E-state index contributed by atoms with van der Waals surface area (Å²) in [6, 6.07) is 59.8. The molecule has 0 atom stereocenters. The van der Waals surface area contributed by atoms with Crippen molar-refractivity contribution in [3.8, 4) is 52.0 Å². The summed E-state index contributed by atoms with van der Waals surface area (Å²) in [6.45, 7) is 0. The summed E-state index contributed by atoms with van der Waals surface area (Å²) in [5, 5.41) is 28.6. The molecule has 3 aromatic heterocycles. The Balaban J connectivity index is 1.17. The van der Waals surface area contributed by atoms with Crippen molar-refractivity contribution in [3.05, 3.63) is 175 Å². The highest BCUT2D eigenvalue weighted by molar-refractivity contribution is 6.11. The summed E-state index contributed by atoms with van der Waals surface area (Å²) < 4.78 is 6.47. The maximum absolute atomic E-state index is 9.41. The Morgan fingerprint density at radius 3 is 1.47 bits per heavy atom. The van der Waals surface area contributed by atoms with Gasteiger partial charge in [0.1, 0.15) is 0 Å². The predicted octanol–water partition coefficient (Wildman–Crippen LogP) is 10.5. The SMILES string of the molecule is N#Cc1ccc(-c2nc(-c3ccc4c5ccccc5n(-c5cccc(-n6c7ccccc7c7ccccc76)c5)c4c3)nn2-c2ccc(C#N)cc2)cc1. The quantitative estimate of drug-likeness (QED) is 0.181. The zero-order valence-corrected chi connectivity index (χ0v) is 28.2. The van der Waals surface area contributed by atoms with Gasteiger partial charge in [0.05, 0.1) is 51.0 Å². The Morgan fingerprint density at radius 1 is 0.415 bits per heavy atom. The van der Waals surface area contributed by atoms with Crippen LogP contribution < -0.4 is 0 Å². The number of hydrogen-bond donors (Lipinski definition) is 0. The van der Waals surface area contributed by atoms with Gasteiger partial charge in [0, 0.05) is 44.0 Å². The molecule has 10 aromatic rings. The molecule has 0 aliphatic carbocycles. The maximum Gasteiger partial charge on any atom is 0.182 e. The van der Waals surface area contributed by atoms with Crippen molar-refractivity contribution in [3.63, 3.8) is 0 Å². The fourth-order valence-electron chi connectivity index (χ4n) is 7.53. The van der Waals surface area contributed by atoms with Crippen molar-refractivity contribution < 1.29 is 0 Å². The molecule has 0 saturated heterocycles. The topological polar surface area (TPSA) is 88.2 Å². The summed E-state index contributed by atoms with van der Waals surface area (Å²) in [6.07, 6.45) is 0. The molecule has 3 heterocycles. The van der Waals surface area contributed by atoms with Crippen LogP contribution in [0.5, 0.6) is 0 Å². The molecule has 0 saturated carbocycles. The van der Waals surface area contributed by atoms with Gasteiger partial charge in [-0.1, -0.05) is 72.8 Å². The molecule has 53 heavy (non-hydrogen) atoms. The van der Waals surface area contributed by atoms with Crippen molar-refractivity contribution in [2.75, 3.05) is 0 Å². The summed E-state index contributed by atoms with van der Waals surface area (Å²) in [5.74, 6) is 1.19. The first kappa shape index (κ1) is 30.1. The lowest BCUT2D eigenvalue weighted by atomic mass is 10.1. The summed E-state index contributed by atoms with van der Waals surface area (Å²) in [7, 11) is 0. The minimum Gasteiger partial charge on any atom is -0.309 e. The van der Waals surface area contributed by atoms with Crippen LogP contribution in [-0.2, 0) is 0 Å². The first-order valence-electron chi connectivity index (χ1n) is 17.3. The van der Waals surface area contributed by atoms with Gasteiger partial charge in [-0.15, -0.1) is 5.10 Å². The number of para-hydroxylation sites is 3. The Labute approximate surface area is 304 Å². The molecule has 0 radical (unpaired) electrons. The number of aromatic nitrogens is 5. The molecular formula is C46H27N7. The van der Waals surface area contributed by atoms with Crippen LogP contribution in [0.15, 0.2) is 164 Å². The van der Waals surface area contributed by atoms with E-state index in [1.807, 2.05) is 24.3 Å². The summed E-state index contributed by atoms with van der Waals surface area (Å²) >= 11 is 0. The summed E-state index contributed by atoms with van der Waals surface area (Å²) in [5.41, 5.74) is 10.2. The smallest absolute Gasteiger partial charge is 0.182 e. The lowest BCUT2D eigenvalue weighted by Crippen LogP contribution is -2.00. The Kier molecular flexibility index (Phi) is 6.79. The van der Waals surface area contributed by atoms with Crippen molar-refractivity contribution >= 4 is 43.6 Å². The van der Waals surface area contributed by atoms with E-state index >= 15 is 0 Å². The van der Waals surface area contributed by atoms with E-state index in [1.165, 1.54) is 10.8 Å². The van der Waals surface area contributed by atoms with E-state index in [-0.39, 0.29) is 0 Å². The molecule has 0 unspecified atom stereocenters. The van der Waals surface area contributed by atoms with E-state index in [0.717, 1.165) is 61.0 Å². The van der Waals surface area contributed by atoms with Crippen LogP contribution in [0.2, 0.25) is 0 Å². The van der Waals surface area contributed by atoms with E-state index in [2.05, 4.69) is 137 Å². The van der Waals surface area contributed by atoms with Crippen molar-refractivity contribution in [1.29, 1.82) is 10.5 Å². The van der Waals surface area contributed by atoms with Gasteiger partial charge in [0.2, 0.25) is 0 Å². The highest BCUT2D eigenvalue weighted by atomic mass is 15.4. The normalized spacial score (nSPS) is 11.4. The second-order valence-electron chi connectivity index (χ2n) is 13.0. The molecule has 0 N–H and O–H groups in total. The number of benzene rings is 7. The molecule has 7 nitrogen and oxygen atoms in total. The van der Waals surface area contributed by atoms with Crippen LogP contribution in [0.1, 0.15) is 11.1 Å². The lowest BCUT2D eigenvalue weighted by Gasteiger charge is -2.13. The van der Waals surface area contributed by atoms with Gasteiger partial charge >= 0.3 is 0 Å². The third kappa shape index (κ3) is 4.80. The molecule has 0 bridgehead atoms. The standard InChI is InChI=1S/C46H27N7/c47-28-30-16-20-32(21-17-30)46-49-45(50-53(46)34-23-18-31(29-48)19-24-34)33-22-25-40-39-12-3-6-15-43(39)52(44(40)26-33)36-9-7-8-35(27-36)51-41-13-4-1-10-37(41)38-11-2-5-14-42(38)51/h1-27H. The van der Waals surface area contributed by atoms with Crippen LogP contribution in [-0.4, -0.2) is 23.9 Å². The Morgan fingerprint density at radius 2 is 0.906 bits per heavy atom. The second kappa shape index (κ2) is 11.9. The first-order valence-corrected chi connectivity index (χ1v) is 17.3.